The van der Waals surface area contributed by atoms with Crippen LogP contribution in [0.5, 0.6) is 0 Å². The van der Waals surface area contributed by atoms with Gasteiger partial charge < -0.3 is 10.0 Å². The smallest absolute Gasteiger partial charge is 0.335 e. The number of hydrogen-bond donors (Lipinski definition) is 2. The summed E-state index contributed by atoms with van der Waals surface area (Å²) in [5, 5.41) is 14.6. The fourth-order valence-electron chi connectivity index (χ4n) is 2.85. The molecule has 0 radical (unpaired) electrons. The first-order valence-electron chi connectivity index (χ1n) is 7.52. The summed E-state index contributed by atoms with van der Waals surface area (Å²) in [4.78, 5) is 13.3. The van der Waals surface area contributed by atoms with Crippen LogP contribution in [0.1, 0.15) is 48.5 Å². The van der Waals surface area contributed by atoms with Crippen LogP contribution in [0.25, 0.3) is 0 Å². The van der Waals surface area contributed by atoms with Crippen LogP contribution in [0.4, 0.5) is 5.69 Å². The summed E-state index contributed by atoms with van der Waals surface area (Å²) in [6.07, 6.45) is 4.37. The highest BCUT2D eigenvalue weighted by Gasteiger charge is 2.24. The number of sulfonamides is 1. The van der Waals surface area contributed by atoms with Crippen molar-refractivity contribution in [2.24, 2.45) is 5.14 Å². The molecule has 2 rings (SSSR count). The fourth-order valence-corrected chi connectivity index (χ4v) is 3.69. The molecule has 6 nitrogen and oxygen atoms in total. The summed E-state index contributed by atoms with van der Waals surface area (Å²) < 4.78 is 23.9. The van der Waals surface area contributed by atoms with Crippen molar-refractivity contribution in [1.29, 1.82) is 0 Å². The summed E-state index contributed by atoms with van der Waals surface area (Å²) in [5.41, 5.74) is 1.32. The molecule has 0 aromatic heterocycles. The third kappa shape index (κ3) is 3.59. The molecule has 1 fully saturated rings. The van der Waals surface area contributed by atoms with E-state index in [-0.39, 0.29) is 10.5 Å². The third-order valence-corrected chi connectivity index (χ3v) is 4.94. The van der Waals surface area contributed by atoms with Gasteiger partial charge in [0.05, 0.1) is 10.5 Å². The Labute approximate surface area is 131 Å². The second kappa shape index (κ2) is 6.66. The van der Waals surface area contributed by atoms with Gasteiger partial charge in [0.2, 0.25) is 10.0 Å². The number of carboxylic acids is 1. The Morgan fingerprint density at radius 1 is 1.32 bits per heavy atom. The van der Waals surface area contributed by atoms with Gasteiger partial charge in [0.1, 0.15) is 0 Å². The zero-order valence-electron chi connectivity index (χ0n) is 12.7. The van der Waals surface area contributed by atoms with E-state index in [9.17, 15) is 18.3 Å². The standard InChI is InChI=1S/C15H22N2O4S/c1-2-3-6-12-13(17-7-4-5-8-17)9-11(15(18)19)10-14(12)22(16,20)21/h9-10H,2-8H2,1H3,(H,18,19)(H2,16,20,21). The monoisotopic (exact) mass is 326 g/mol. The minimum atomic E-state index is -3.96. The van der Waals surface area contributed by atoms with Crippen LogP contribution < -0.4 is 10.0 Å². The zero-order valence-corrected chi connectivity index (χ0v) is 13.5. The molecule has 0 amide bonds. The van der Waals surface area contributed by atoms with Gasteiger partial charge in [-0.3, -0.25) is 0 Å². The lowest BCUT2D eigenvalue weighted by atomic mass is 10.0. The predicted molar refractivity (Wildman–Crippen MR) is 84.8 cm³/mol. The molecule has 1 saturated heterocycles. The van der Waals surface area contributed by atoms with E-state index in [2.05, 4.69) is 4.90 Å². The van der Waals surface area contributed by atoms with Crippen molar-refractivity contribution in [3.63, 3.8) is 0 Å². The van der Waals surface area contributed by atoms with Crippen LogP contribution in [-0.4, -0.2) is 32.6 Å². The molecule has 7 heteroatoms. The Morgan fingerprint density at radius 3 is 2.45 bits per heavy atom. The Hall–Kier alpha value is -1.60. The number of benzene rings is 1. The summed E-state index contributed by atoms with van der Waals surface area (Å²) in [5.74, 6) is -1.15. The van der Waals surface area contributed by atoms with E-state index in [4.69, 9.17) is 5.14 Å². The van der Waals surface area contributed by atoms with Gasteiger partial charge in [0.15, 0.2) is 0 Å². The van der Waals surface area contributed by atoms with Crippen molar-refractivity contribution in [3.05, 3.63) is 23.3 Å². The third-order valence-electron chi connectivity index (χ3n) is 3.97. The van der Waals surface area contributed by atoms with E-state index in [1.54, 1.807) is 6.07 Å². The molecule has 0 spiro atoms. The zero-order chi connectivity index (χ0) is 16.3. The highest BCUT2D eigenvalue weighted by atomic mass is 32.2. The molecule has 1 aromatic carbocycles. The number of nitrogens with two attached hydrogens (primary N) is 1. The first-order chi connectivity index (χ1) is 10.3. The SMILES string of the molecule is CCCCc1c(N2CCCC2)cc(C(=O)O)cc1S(N)(=O)=O. The lowest BCUT2D eigenvalue weighted by molar-refractivity contribution is 0.0696. The summed E-state index contributed by atoms with van der Waals surface area (Å²) in [6, 6.07) is 2.76. The summed E-state index contributed by atoms with van der Waals surface area (Å²) in [7, 11) is -3.96. The average molecular weight is 326 g/mol. The summed E-state index contributed by atoms with van der Waals surface area (Å²) in [6.45, 7) is 3.65. The molecule has 1 aliphatic rings. The second-order valence-electron chi connectivity index (χ2n) is 5.62. The lowest BCUT2D eigenvalue weighted by Crippen LogP contribution is -2.23. The molecule has 0 saturated carbocycles. The van der Waals surface area contributed by atoms with E-state index in [0.29, 0.717) is 17.7 Å². The quantitative estimate of drug-likeness (QED) is 0.832. The van der Waals surface area contributed by atoms with Gasteiger partial charge in [-0.05, 0) is 43.4 Å². The molecule has 1 aliphatic heterocycles. The maximum Gasteiger partial charge on any atom is 0.335 e. The van der Waals surface area contributed by atoms with Gasteiger partial charge in [-0.1, -0.05) is 13.3 Å². The van der Waals surface area contributed by atoms with E-state index in [1.807, 2.05) is 6.92 Å². The predicted octanol–water partition coefficient (Wildman–Crippen LogP) is 1.98. The average Bonchev–Trinajstić information content (AvgIpc) is 2.97. The van der Waals surface area contributed by atoms with Crippen molar-refractivity contribution in [3.8, 4) is 0 Å². The van der Waals surface area contributed by atoms with E-state index < -0.39 is 16.0 Å². The molecule has 1 heterocycles. The van der Waals surface area contributed by atoms with Crippen molar-refractivity contribution in [2.75, 3.05) is 18.0 Å². The van der Waals surface area contributed by atoms with Crippen LogP contribution in [0.15, 0.2) is 17.0 Å². The minimum Gasteiger partial charge on any atom is -0.478 e. The second-order valence-corrected chi connectivity index (χ2v) is 7.15. The fraction of sp³-hybridized carbons (Fsp3) is 0.533. The number of nitrogens with zero attached hydrogens (tertiary/aromatic N) is 1. The first kappa shape index (κ1) is 16.8. The van der Waals surface area contributed by atoms with Crippen LogP contribution in [0.3, 0.4) is 0 Å². The topological polar surface area (TPSA) is 101 Å². The molecule has 0 aliphatic carbocycles. The Kier molecular flexibility index (Phi) is 5.08. The number of rotatable bonds is 6. The van der Waals surface area contributed by atoms with E-state index in [1.165, 1.54) is 6.07 Å². The Morgan fingerprint density at radius 2 is 1.95 bits per heavy atom. The van der Waals surface area contributed by atoms with Gasteiger partial charge >= 0.3 is 5.97 Å². The molecule has 0 unspecified atom stereocenters. The molecule has 0 atom stereocenters. The van der Waals surface area contributed by atoms with Crippen LogP contribution in [-0.2, 0) is 16.4 Å². The maximum atomic E-state index is 11.9. The molecular weight excluding hydrogens is 304 g/mol. The van der Waals surface area contributed by atoms with Crippen molar-refractivity contribution < 1.29 is 18.3 Å². The number of hydrogen-bond acceptors (Lipinski definition) is 4. The molecule has 122 valence electrons. The maximum absolute atomic E-state index is 11.9. The molecule has 1 aromatic rings. The van der Waals surface area contributed by atoms with E-state index >= 15 is 0 Å². The highest BCUT2D eigenvalue weighted by Crippen LogP contribution is 2.32. The lowest BCUT2D eigenvalue weighted by Gasteiger charge is -2.24. The van der Waals surface area contributed by atoms with Gasteiger partial charge in [-0.25, -0.2) is 18.4 Å². The number of carbonyl (C=O) groups is 1. The van der Waals surface area contributed by atoms with Crippen LogP contribution >= 0.6 is 0 Å². The molecule has 22 heavy (non-hydrogen) atoms. The van der Waals surface area contributed by atoms with E-state index in [0.717, 1.165) is 38.8 Å². The number of aromatic carboxylic acids is 1. The van der Waals surface area contributed by atoms with Gasteiger partial charge in [0, 0.05) is 18.8 Å². The van der Waals surface area contributed by atoms with Crippen LogP contribution in [0.2, 0.25) is 0 Å². The Bertz CT molecular complexity index is 664. The van der Waals surface area contributed by atoms with Gasteiger partial charge in [-0.2, -0.15) is 0 Å². The number of unbranched alkanes of at least 4 members (excludes halogenated alkanes) is 1. The van der Waals surface area contributed by atoms with Gasteiger partial charge in [0.25, 0.3) is 0 Å². The molecule has 0 bridgehead atoms. The normalized spacial score (nSPS) is 15.3. The number of primary sulfonamides is 1. The van der Waals surface area contributed by atoms with Crippen molar-refractivity contribution in [1.82, 2.24) is 0 Å². The number of anilines is 1. The first-order valence-corrected chi connectivity index (χ1v) is 9.07. The van der Waals surface area contributed by atoms with Crippen LogP contribution in [0, 0.1) is 0 Å². The van der Waals surface area contributed by atoms with Crippen molar-refractivity contribution >= 4 is 21.7 Å². The Balaban J connectivity index is 2.65. The molecule has 3 N–H and O–H groups in total. The van der Waals surface area contributed by atoms with Gasteiger partial charge in [-0.15, -0.1) is 0 Å². The highest BCUT2D eigenvalue weighted by molar-refractivity contribution is 7.89. The minimum absolute atomic E-state index is 0.0360. The molecular formula is C15H22N2O4S. The van der Waals surface area contributed by atoms with Crippen molar-refractivity contribution in [2.45, 2.75) is 43.9 Å². The summed E-state index contributed by atoms with van der Waals surface area (Å²) >= 11 is 0. The largest absolute Gasteiger partial charge is 0.478 e. The number of carboxylic acid groups (broad SMARTS) is 1.